The van der Waals surface area contributed by atoms with Crippen LogP contribution >= 0.6 is 23.1 Å². The fourth-order valence-corrected chi connectivity index (χ4v) is 4.87. The van der Waals surface area contributed by atoms with Crippen molar-refractivity contribution in [1.29, 1.82) is 0 Å². The molecule has 0 unspecified atom stereocenters. The molecule has 4 nitrogen and oxygen atoms in total. The zero-order valence-corrected chi connectivity index (χ0v) is 18.9. The molecule has 1 N–H and O–H groups in total. The molecule has 0 aliphatic rings. The van der Waals surface area contributed by atoms with Crippen LogP contribution in [-0.4, -0.2) is 17.3 Å². The average Bonchev–Trinajstić information content (AvgIpc) is 3.08. The van der Waals surface area contributed by atoms with Crippen molar-refractivity contribution in [3.8, 4) is 5.75 Å². The number of hydrogen-bond donors (Lipinski definition) is 1. The summed E-state index contributed by atoms with van der Waals surface area (Å²) in [6.45, 7) is 11.2. The lowest BCUT2D eigenvalue weighted by atomic mass is 9.84. The second-order valence-corrected chi connectivity index (χ2v) is 10.1. The average molecular weight is 414 g/mol. The smallest absolute Gasteiger partial charge is 0.210 e. The summed E-state index contributed by atoms with van der Waals surface area (Å²) in [4.78, 5) is 0. The first kappa shape index (κ1) is 20.7. The van der Waals surface area contributed by atoms with Gasteiger partial charge in [-0.25, -0.2) is 0 Å². The topological polar surface area (TPSA) is 47.0 Å². The summed E-state index contributed by atoms with van der Waals surface area (Å²) >= 11 is 3.31. The Hall–Kier alpha value is -2.05. The fraction of sp³-hybridized carbons (Fsp3) is 0.364. The van der Waals surface area contributed by atoms with Crippen molar-refractivity contribution >= 4 is 33.9 Å². The molecular weight excluding hydrogens is 386 g/mol. The lowest BCUT2D eigenvalue weighted by molar-refractivity contribution is 0.415. The molecule has 2 aromatic carbocycles. The molecule has 6 heteroatoms. The van der Waals surface area contributed by atoms with E-state index in [9.17, 15) is 0 Å². The summed E-state index contributed by atoms with van der Waals surface area (Å²) in [7, 11) is 1.66. The minimum Gasteiger partial charge on any atom is -0.497 e. The van der Waals surface area contributed by atoms with Gasteiger partial charge in [0.2, 0.25) is 5.13 Å². The molecule has 0 aliphatic heterocycles. The summed E-state index contributed by atoms with van der Waals surface area (Å²) < 4.78 is 6.15. The van der Waals surface area contributed by atoms with Crippen molar-refractivity contribution in [1.82, 2.24) is 10.2 Å². The van der Waals surface area contributed by atoms with E-state index in [-0.39, 0.29) is 5.41 Å². The van der Waals surface area contributed by atoms with Crippen LogP contribution in [0.1, 0.15) is 43.0 Å². The molecule has 0 saturated heterocycles. The van der Waals surface area contributed by atoms with Gasteiger partial charge in [0.1, 0.15) is 5.75 Å². The van der Waals surface area contributed by atoms with E-state index in [0.29, 0.717) is 0 Å². The van der Waals surface area contributed by atoms with Gasteiger partial charge in [-0.15, -0.1) is 10.2 Å². The Morgan fingerprint density at radius 3 is 2.25 bits per heavy atom. The highest BCUT2D eigenvalue weighted by Crippen LogP contribution is 2.33. The molecule has 0 saturated carbocycles. The van der Waals surface area contributed by atoms with Crippen molar-refractivity contribution in [3.63, 3.8) is 0 Å². The lowest BCUT2D eigenvalue weighted by Gasteiger charge is -2.22. The molecule has 0 aliphatic carbocycles. The second kappa shape index (κ2) is 8.53. The Kier molecular flexibility index (Phi) is 6.30. The first-order valence-electron chi connectivity index (χ1n) is 9.24. The number of benzene rings is 2. The molecule has 1 aromatic heterocycles. The maximum Gasteiger partial charge on any atom is 0.210 e. The highest BCUT2D eigenvalue weighted by Gasteiger charge is 2.16. The maximum atomic E-state index is 5.19. The van der Waals surface area contributed by atoms with Crippen LogP contribution in [0.5, 0.6) is 5.75 Å². The van der Waals surface area contributed by atoms with Gasteiger partial charge in [-0.3, -0.25) is 0 Å². The van der Waals surface area contributed by atoms with Crippen molar-refractivity contribution < 1.29 is 4.74 Å². The van der Waals surface area contributed by atoms with Gasteiger partial charge < -0.3 is 10.1 Å². The summed E-state index contributed by atoms with van der Waals surface area (Å²) in [6, 6.07) is 12.4. The van der Waals surface area contributed by atoms with Gasteiger partial charge in [-0.05, 0) is 65.8 Å². The van der Waals surface area contributed by atoms with Crippen LogP contribution in [0.2, 0.25) is 0 Å². The molecule has 0 bridgehead atoms. The molecule has 0 atom stereocenters. The van der Waals surface area contributed by atoms with Crippen molar-refractivity contribution in [3.05, 3.63) is 58.7 Å². The fourth-order valence-electron chi connectivity index (χ4n) is 2.90. The van der Waals surface area contributed by atoms with E-state index in [1.165, 1.54) is 22.3 Å². The highest BCUT2D eigenvalue weighted by molar-refractivity contribution is 8.00. The van der Waals surface area contributed by atoms with Gasteiger partial charge in [0.05, 0.1) is 7.11 Å². The normalized spacial score (nSPS) is 11.5. The first-order chi connectivity index (χ1) is 13.3. The van der Waals surface area contributed by atoms with Crippen molar-refractivity contribution in [2.75, 3.05) is 12.4 Å². The monoisotopic (exact) mass is 413 g/mol. The Morgan fingerprint density at radius 2 is 1.68 bits per heavy atom. The Morgan fingerprint density at radius 1 is 1.04 bits per heavy atom. The Labute approximate surface area is 175 Å². The zero-order valence-electron chi connectivity index (χ0n) is 17.3. The van der Waals surface area contributed by atoms with E-state index in [1.54, 1.807) is 30.2 Å². The molecule has 0 radical (unpaired) electrons. The van der Waals surface area contributed by atoms with Crippen LogP contribution in [0.15, 0.2) is 40.7 Å². The van der Waals surface area contributed by atoms with E-state index in [1.807, 2.05) is 24.3 Å². The van der Waals surface area contributed by atoms with Crippen molar-refractivity contribution in [2.45, 2.75) is 50.1 Å². The van der Waals surface area contributed by atoms with Gasteiger partial charge in [-0.1, -0.05) is 56.0 Å². The largest absolute Gasteiger partial charge is 0.497 e. The van der Waals surface area contributed by atoms with Crippen LogP contribution in [0, 0.1) is 13.8 Å². The molecule has 0 amide bonds. The third-order valence-corrected chi connectivity index (χ3v) is 6.65. The summed E-state index contributed by atoms with van der Waals surface area (Å²) in [6.07, 6.45) is 0. The minimum absolute atomic E-state index is 0.169. The minimum atomic E-state index is 0.169. The molecule has 3 aromatic rings. The maximum absolute atomic E-state index is 5.19. The highest BCUT2D eigenvalue weighted by atomic mass is 32.2. The number of anilines is 2. The van der Waals surface area contributed by atoms with Gasteiger partial charge in [0.15, 0.2) is 4.34 Å². The molecule has 0 fully saturated rings. The zero-order chi connectivity index (χ0) is 20.3. The van der Waals surface area contributed by atoms with Crippen LogP contribution in [0.4, 0.5) is 10.8 Å². The summed E-state index contributed by atoms with van der Waals surface area (Å²) in [5.74, 6) is 1.74. The van der Waals surface area contributed by atoms with Crippen molar-refractivity contribution in [2.24, 2.45) is 0 Å². The van der Waals surface area contributed by atoms with Gasteiger partial charge in [0, 0.05) is 11.4 Å². The number of aryl methyl sites for hydroxylation is 2. The van der Waals surface area contributed by atoms with E-state index >= 15 is 0 Å². The van der Waals surface area contributed by atoms with E-state index < -0.39 is 0 Å². The molecular formula is C22H27N3OS2. The molecule has 148 valence electrons. The Bertz CT molecular complexity index is 920. The van der Waals surface area contributed by atoms with Crippen LogP contribution in [0.25, 0.3) is 0 Å². The number of aromatic nitrogens is 2. The third-order valence-electron chi connectivity index (χ3n) is 4.65. The molecule has 28 heavy (non-hydrogen) atoms. The summed E-state index contributed by atoms with van der Waals surface area (Å²) in [5.41, 5.74) is 6.61. The number of methoxy groups -OCH3 is 1. The van der Waals surface area contributed by atoms with Crippen LogP contribution in [0.3, 0.4) is 0 Å². The molecule has 1 heterocycles. The number of nitrogens with one attached hydrogen (secondary N) is 1. The third kappa shape index (κ3) is 5.06. The number of rotatable bonds is 6. The Balaban J connectivity index is 1.66. The SMILES string of the molecule is COc1ccc(Nc2nnc(SCc3c(C)cc(C(C)(C)C)cc3C)s2)cc1. The van der Waals surface area contributed by atoms with Gasteiger partial charge in [0.25, 0.3) is 0 Å². The van der Waals surface area contributed by atoms with E-state index in [4.69, 9.17) is 4.74 Å². The molecule has 0 spiro atoms. The van der Waals surface area contributed by atoms with E-state index in [2.05, 4.69) is 62.3 Å². The predicted octanol–water partition coefficient (Wildman–Crippen LogP) is 6.50. The number of ether oxygens (including phenoxy) is 1. The number of nitrogens with zero attached hydrogens (tertiary/aromatic N) is 2. The first-order valence-corrected chi connectivity index (χ1v) is 11.0. The second-order valence-electron chi connectivity index (χ2n) is 7.85. The van der Waals surface area contributed by atoms with Crippen LogP contribution < -0.4 is 10.1 Å². The predicted molar refractivity (Wildman–Crippen MR) is 120 cm³/mol. The number of thioether (sulfide) groups is 1. The van der Waals surface area contributed by atoms with Gasteiger partial charge in [-0.2, -0.15) is 0 Å². The lowest BCUT2D eigenvalue weighted by Crippen LogP contribution is -2.12. The van der Waals surface area contributed by atoms with E-state index in [0.717, 1.165) is 26.7 Å². The van der Waals surface area contributed by atoms with Gasteiger partial charge >= 0.3 is 0 Å². The summed E-state index contributed by atoms with van der Waals surface area (Å²) in [5, 5.41) is 12.7. The quantitative estimate of drug-likeness (QED) is 0.468. The number of hydrogen-bond acceptors (Lipinski definition) is 6. The standard InChI is InChI=1S/C22H27N3OS2/c1-14-11-16(22(3,4)5)12-15(2)19(14)13-27-21-25-24-20(28-21)23-17-7-9-18(26-6)10-8-17/h7-12H,13H2,1-6H3,(H,23,24). The van der Waals surface area contributed by atoms with Crippen LogP contribution in [-0.2, 0) is 11.2 Å². The molecule has 3 rings (SSSR count).